The Balaban J connectivity index is 0.000000219. The number of furan rings is 1. The summed E-state index contributed by atoms with van der Waals surface area (Å²) in [6.45, 7) is 2.05. The number of aldehydes is 1. The van der Waals surface area contributed by atoms with Crippen molar-refractivity contribution in [3.63, 3.8) is 0 Å². The molecule has 0 bridgehead atoms. The predicted octanol–water partition coefficient (Wildman–Crippen LogP) is 4.33. The molecule has 0 saturated heterocycles. The molecule has 1 aromatic carbocycles. The van der Waals surface area contributed by atoms with Crippen molar-refractivity contribution < 1.29 is 13.6 Å². The Morgan fingerprint density at radius 3 is 2.64 bits per heavy atom. The van der Waals surface area contributed by atoms with Gasteiger partial charge in [-0.25, -0.2) is 4.98 Å². The van der Waals surface area contributed by atoms with Crippen LogP contribution in [0.5, 0.6) is 0 Å². The number of fused-ring (bicyclic) bond motifs is 1. The molecule has 0 spiro atoms. The average Bonchev–Trinajstić information content (AvgIpc) is 3.31. The van der Waals surface area contributed by atoms with Crippen LogP contribution in [0.2, 0.25) is 0 Å². The average molecular weight is 335 g/mol. The van der Waals surface area contributed by atoms with Gasteiger partial charge in [0.25, 0.3) is 0 Å². The first-order valence-electron chi connectivity index (χ1n) is 7.70. The second kappa shape index (κ2) is 7.44. The van der Waals surface area contributed by atoms with Crippen molar-refractivity contribution in [2.45, 2.75) is 6.92 Å². The number of nitrogens with one attached hydrogen (secondary N) is 1. The fourth-order valence-corrected chi connectivity index (χ4v) is 2.33. The van der Waals surface area contributed by atoms with E-state index < -0.39 is 0 Å². The number of carbonyl (C=O) groups excluding carboxylic acids is 1. The van der Waals surface area contributed by atoms with Crippen LogP contribution in [0.3, 0.4) is 0 Å². The fraction of sp³-hybridized carbons (Fsp3) is 0.105. The lowest BCUT2D eigenvalue weighted by Crippen LogP contribution is -1.91. The van der Waals surface area contributed by atoms with Gasteiger partial charge in [0.15, 0.2) is 23.3 Å². The molecule has 4 rings (SSSR count). The lowest BCUT2D eigenvalue weighted by atomic mass is 10.1. The molecule has 1 N–H and O–H groups in total. The number of anilines is 1. The van der Waals surface area contributed by atoms with E-state index in [1.807, 2.05) is 31.3 Å². The van der Waals surface area contributed by atoms with Crippen molar-refractivity contribution in [1.82, 2.24) is 9.97 Å². The molecule has 0 radical (unpaired) electrons. The molecular formula is C19H17N3O3. The molecule has 3 aromatic heterocycles. The number of hydrogen-bond donors (Lipinski definition) is 1. The normalized spacial score (nSPS) is 10.2. The first kappa shape index (κ1) is 16.4. The van der Waals surface area contributed by atoms with Crippen molar-refractivity contribution in [2.24, 2.45) is 0 Å². The number of hydrogen-bond acceptors (Lipinski definition) is 6. The molecule has 0 aliphatic heterocycles. The van der Waals surface area contributed by atoms with Crippen molar-refractivity contribution in [1.29, 1.82) is 0 Å². The number of oxazole rings is 1. The Kier molecular flexibility index (Phi) is 4.89. The van der Waals surface area contributed by atoms with Crippen molar-refractivity contribution in [3.8, 4) is 11.5 Å². The third kappa shape index (κ3) is 3.74. The fourth-order valence-electron chi connectivity index (χ4n) is 2.33. The maximum Gasteiger partial charge on any atom is 0.228 e. The van der Waals surface area contributed by atoms with Crippen LogP contribution in [0.1, 0.15) is 16.1 Å². The highest BCUT2D eigenvalue weighted by atomic mass is 16.3. The van der Waals surface area contributed by atoms with Gasteiger partial charge in [-0.3, -0.25) is 4.79 Å². The van der Waals surface area contributed by atoms with E-state index in [0.29, 0.717) is 29.2 Å². The minimum Gasteiger partial charge on any atom is -0.462 e. The van der Waals surface area contributed by atoms with Gasteiger partial charge in [0.05, 0.1) is 6.26 Å². The van der Waals surface area contributed by atoms with E-state index in [4.69, 9.17) is 4.42 Å². The van der Waals surface area contributed by atoms with Gasteiger partial charge < -0.3 is 14.2 Å². The van der Waals surface area contributed by atoms with Crippen LogP contribution in [0.25, 0.3) is 22.7 Å². The lowest BCUT2D eigenvalue weighted by Gasteiger charge is -2.05. The van der Waals surface area contributed by atoms with Crippen LogP contribution in [0.4, 0.5) is 5.69 Å². The van der Waals surface area contributed by atoms with Crippen LogP contribution < -0.4 is 5.32 Å². The zero-order valence-corrected chi connectivity index (χ0v) is 13.9. The number of aromatic nitrogens is 2. The molecule has 6 heteroatoms. The third-order valence-electron chi connectivity index (χ3n) is 3.57. The number of rotatable bonds is 3. The molecular weight excluding hydrogens is 318 g/mol. The highest BCUT2D eigenvalue weighted by Crippen LogP contribution is 2.26. The van der Waals surface area contributed by atoms with Crippen molar-refractivity contribution >= 4 is 23.2 Å². The summed E-state index contributed by atoms with van der Waals surface area (Å²) in [6.07, 6.45) is 3.84. The second-order valence-corrected chi connectivity index (χ2v) is 5.26. The van der Waals surface area contributed by atoms with E-state index >= 15 is 0 Å². The van der Waals surface area contributed by atoms with Gasteiger partial charge in [-0.15, -0.1) is 0 Å². The minimum atomic E-state index is 0.375. The van der Waals surface area contributed by atoms with E-state index in [9.17, 15) is 4.79 Å². The molecule has 6 nitrogen and oxygen atoms in total. The summed E-state index contributed by atoms with van der Waals surface area (Å²) in [5, 5.41) is 3.14. The second-order valence-electron chi connectivity index (χ2n) is 5.26. The predicted molar refractivity (Wildman–Crippen MR) is 95.6 cm³/mol. The Bertz CT molecular complexity index is 942. The molecule has 0 atom stereocenters. The number of pyridine rings is 1. The van der Waals surface area contributed by atoms with Gasteiger partial charge in [0, 0.05) is 24.5 Å². The topological polar surface area (TPSA) is 81.2 Å². The molecule has 3 heterocycles. The molecule has 25 heavy (non-hydrogen) atoms. The van der Waals surface area contributed by atoms with Gasteiger partial charge in [0.2, 0.25) is 5.89 Å². The summed E-state index contributed by atoms with van der Waals surface area (Å²) >= 11 is 0. The van der Waals surface area contributed by atoms with Crippen LogP contribution in [-0.4, -0.2) is 23.3 Å². The van der Waals surface area contributed by atoms with E-state index in [-0.39, 0.29) is 0 Å². The quantitative estimate of drug-likeness (QED) is 0.561. The molecule has 4 aromatic rings. The van der Waals surface area contributed by atoms with Gasteiger partial charge >= 0.3 is 0 Å². The highest BCUT2D eigenvalue weighted by molar-refractivity contribution is 5.73. The Morgan fingerprint density at radius 1 is 1.16 bits per heavy atom. The molecule has 0 saturated carbocycles. The number of benzene rings is 1. The molecule has 0 amide bonds. The van der Waals surface area contributed by atoms with E-state index in [1.165, 1.54) is 6.26 Å². The van der Waals surface area contributed by atoms with Crippen LogP contribution in [-0.2, 0) is 0 Å². The number of nitrogens with zero attached hydrogens (tertiary/aromatic N) is 2. The maximum atomic E-state index is 9.77. The molecule has 0 aliphatic rings. The van der Waals surface area contributed by atoms with Gasteiger partial charge in [0.1, 0.15) is 0 Å². The molecule has 0 fully saturated rings. The zero-order valence-electron chi connectivity index (χ0n) is 13.9. The smallest absolute Gasteiger partial charge is 0.228 e. The Labute approximate surface area is 144 Å². The lowest BCUT2D eigenvalue weighted by molar-refractivity contribution is 0.110. The van der Waals surface area contributed by atoms with E-state index in [0.717, 1.165) is 16.8 Å². The van der Waals surface area contributed by atoms with Crippen molar-refractivity contribution in [3.05, 3.63) is 66.2 Å². The summed E-state index contributed by atoms with van der Waals surface area (Å²) in [4.78, 5) is 18.3. The summed E-state index contributed by atoms with van der Waals surface area (Å²) < 4.78 is 10.3. The van der Waals surface area contributed by atoms with Crippen LogP contribution in [0.15, 0.2) is 63.8 Å². The standard InChI is InChI=1S/C14H13N3O.C5H4O2/c1-9-8-10(5-6-11(9)15-2)14-17-13-12(18-14)4-3-7-16-13;6-4-5-2-1-3-7-5/h3-8,15H,1-2H3;1-4H. The van der Waals surface area contributed by atoms with Crippen LogP contribution >= 0.6 is 0 Å². The van der Waals surface area contributed by atoms with Crippen LogP contribution in [0, 0.1) is 6.92 Å². The molecule has 126 valence electrons. The summed E-state index contributed by atoms with van der Waals surface area (Å²) in [6, 6.07) is 13.0. The van der Waals surface area contributed by atoms with E-state index in [1.54, 1.807) is 18.3 Å². The minimum absolute atomic E-state index is 0.375. The zero-order chi connectivity index (χ0) is 17.6. The van der Waals surface area contributed by atoms with Gasteiger partial charge in [-0.1, -0.05) is 0 Å². The Morgan fingerprint density at radius 2 is 2.04 bits per heavy atom. The van der Waals surface area contributed by atoms with Gasteiger partial charge in [-0.05, 0) is 55.0 Å². The highest BCUT2D eigenvalue weighted by Gasteiger charge is 2.09. The largest absolute Gasteiger partial charge is 0.462 e. The Hall–Kier alpha value is -3.41. The molecule has 0 aliphatic carbocycles. The summed E-state index contributed by atoms with van der Waals surface area (Å²) in [7, 11) is 1.91. The van der Waals surface area contributed by atoms with Crippen molar-refractivity contribution in [2.75, 3.05) is 12.4 Å². The summed E-state index contributed by atoms with van der Waals surface area (Å²) in [5.41, 5.74) is 4.58. The number of aryl methyl sites for hydroxylation is 1. The third-order valence-corrected chi connectivity index (χ3v) is 3.57. The first-order valence-corrected chi connectivity index (χ1v) is 7.70. The van der Waals surface area contributed by atoms with E-state index in [2.05, 4.69) is 32.7 Å². The monoisotopic (exact) mass is 335 g/mol. The maximum absolute atomic E-state index is 9.77. The SMILES string of the molecule is CNc1ccc(-c2nc3ncccc3o2)cc1C.O=Cc1ccco1. The number of carbonyl (C=O) groups is 1. The first-order chi connectivity index (χ1) is 12.2. The summed E-state index contributed by atoms with van der Waals surface area (Å²) in [5.74, 6) is 0.981. The van der Waals surface area contributed by atoms with Gasteiger partial charge in [-0.2, -0.15) is 4.98 Å². The molecule has 0 unspecified atom stereocenters.